The Hall–Kier alpha value is -2.18. The Morgan fingerprint density at radius 1 is 1.22 bits per heavy atom. The Morgan fingerprint density at radius 2 is 2.00 bits per heavy atom. The van der Waals surface area contributed by atoms with Crippen molar-refractivity contribution in [2.24, 2.45) is 0 Å². The molecule has 0 bridgehead atoms. The molecule has 2 aromatic rings. The number of rotatable bonds is 3. The third-order valence-electron chi connectivity index (χ3n) is 5.02. The van der Waals surface area contributed by atoms with Crippen LogP contribution in [0.1, 0.15) is 42.8 Å². The van der Waals surface area contributed by atoms with Crippen LogP contribution in [0.5, 0.6) is 5.75 Å². The summed E-state index contributed by atoms with van der Waals surface area (Å²) in [4.78, 5) is 23.8. The first-order valence-corrected chi connectivity index (χ1v) is 9.25. The molecule has 7 heteroatoms. The number of carbonyl (C=O) groups excluding carboxylic acids is 1. The molecule has 1 unspecified atom stereocenters. The lowest BCUT2D eigenvalue weighted by atomic mass is 9.92. The summed E-state index contributed by atoms with van der Waals surface area (Å²) in [5.74, 6) is 1.07. The second-order valence-corrected chi connectivity index (χ2v) is 7.20. The highest BCUT2D eigenvalue weighted by Crippen LogP contribution is 2.35. The van der Waals surface area contributed by atoms with Crippen molar-refractivity contribution in [3.63, 3.8) is 0 Å². The van der Waals surface area contributed by atoms with Crippen molar-refractivity contribution in [1.29, 1.82) is 0 Å². The minimum absolute atomic E-state index is 0. The summed E-state index contributed by atoms with van der Waals surface area (Å²) in [5.41, 5.74) is 2.91. The van der Waals surface area contributed by atoms with Crippen LogP contribution in [0.2, 0.25) is 0 Å². The molecule has 1 aromatic carbocycles. The molecule has 27 heavy (non-hydrogen) atoms. The molecule has 6 nitrogen and oxygen atoms in total. The number of nitrogens with zero attached hydrogens (tertiary/aromatic N) is 3. The first-order chi connectivity index (χ1) is 12.6. The molecule has 1 aromatic heterocycles. The first-order valence-electron chi connectivity index (χ1n) is 9.25. The normalized spacial score (nSPS) is 19.3. The van der Waals surface area contributed by atoms with E-state index >= 15 is 0 Å². The predicted octanol–water partition coefficient (Wildman–Crippen LogP) is 2.68. The van der Waals surface area contributed by atoms with Gasteiger partial charge in [-0.25, -0.2) is 9.97 Å². The number of hydrogen-bond acceptors (Lipinski definition) is 6. The Labute approximate surface area is 165 Å². The van der Waals surface area contributed by atoms with Crippen molar-refractivity contribution >= 4 is 24.1 Å². The summed E-state index contributed by atoms with van der Waals surface area (Å²) in [7, 11) is 0. The Balaban J connectivity index is 0.00000210. The summed E-state index contributed by atoms with van der Waals surface area (Å²) < 4.78 is 5.69. The molecule has 144 valence electrons. The van der Waals surface area contributed by atoms with Crippen LogP contribution in [-0.2, 0) is 11.2 Å². The summed E-state index contributed by atoms with van der Waals surface area (Å²) in [6.07, 6.45) is 2.35. The topological polar surface area (TPSA) is 67.3 Å². The fourth-order valence-corrected chi connectivity index (χ4v) is 3.50. The number of ether oxygens (including phenoxy) is 1. The van der Waals surface area contributed by atoms with Crippen molar-refractivity contribution in [3.8, 4) is 5.75 Å². The molecule has 3 heterocycles. The lowest BCUT2D eigenvalue weighted by Crippen LogP contribution is -2.43. The van der Waals surface area contributed by atoms with Crippen LogP contribution in [0.15, 0.2) is 30.5 Å². The maximum atomic E-state index is 12.6. The van der Waals surface area contributed by atoms with Gasteiger partial charge in [0.05, 0.1) is 5.69 Å². The third kappa shape index (κ3) is 4.06. The number of hydrogen-bond donors (Lipinski definition) is 1. The van der Waals surface area contributed by atoms with Gasteiger partial charge in [-0.2, -0.15) is 0 Å². The molecule has 0 aliphatic carbocycles. The summed E-state index contributed by atoms with van der Waals surface area (Å²) in [6.45, 7) is 7.98. The van der Waals surface area contributed by atoms with E-state index in [1.54, 1.807) is 6.20 Å². The highest BCUT2D eigenvalue weighted by molar-refractivity contribution is 5.85. The number of halogens is 1. The van der Waals surface area contributed by atoms with E-state index in [1.807, 2.05) is 26.0 Å². The van der Waals surface area contributed by atoms with E-state index in [4.69, 9.17) is 4.74 Å². The SMILES string of the molecule is CC(C)c1nccc(C2Cc3ccc(N4CCNCC4)cc3OC2=O)n1.Cl. The number of aromatic nitrogens is 2. The van der Waals surface area contributed by atoms with E-state index in [0.717, 1.165) is 48.9 Å². The fourth-order valence-electron chi connectivity index (χ4n) is 3.50. The molecule has 2 aliphatic heterocycles. The minimum Gasteiger partial charge on any atom is -0.426 e. The zero-order chi connectivity index (χ0) is 18.1. The van der Waals surface area contributed by atoms with Crippen molar-refractivity contribution < 1.29 is 9.53 Å². The Bertz CT molecular complexity index is 821. The smallest absolute Gasteiger partial charge is 0.320 e. The van der Waals surface area contributed by atoms with E-state index in [-0.39, 0.29) is 30.2 Å². The number of fused-ring (bicyclic) bond motifs is 1. The monoisotopic (exact) mass is 388 g/mol. The zero-order valence-electron chi connectivity index (χ0n) is 15.6. The van der Waals surface area contributed by atoms with Crippen molar-refractivity contribution in [2.75, 3.05) is 31.1 Å². The largest absolute Gasteiger partial charge is 0.426 e. The fraction of sp³-hybridized carbons (Fsp3) is 0.450. The average Bonchev–Trinajstić information content (AvgIpc) is 2.67. The second kappa shape index (κ2) is 8.23. The molecule has 0 amide bonds. The number of piperazine rings is 1. The van der Waals surface area contributed by atoms with E-state index in [1.165, 1.54) is 0 Å². The van der Waals surface area contributed by atoms with E-state index in [2.05, 4.69) is 32.3 Å². The Morgan fingerprint density at radius 3 is 2.74 bits per heavy atom. The van der Waals surface area contributed by atoms with Gasteiger partial charge in [-0.15, -0.1) is 12.4 Å². The predicted molar refractivity (Wildman–Crippen MR) is 107 cm³/mol. The maximum absolute atomic E-state index is 12.6. The summed E-state index contributed by atoms with van der Waals surface area (Å²) in [5, 5.41) is 3.35. The summed E-state index contributed by atoms with van der Waals surface area (Å²) in [6, 6.07) is 8.02. The van der Waals surface area contributed by atoms with Crippen molar-refractivity contribution in [2.45, 2.75) is 32.1 Å². The number of carbonyl (C=O) groups is 1. The van der Waals surface area contributed by atoms with Gasteiger partial charge in [-0.05, 0) is 24.1 Å². The molecule has 1 saturated heterocycles. The summed E-state index contributed by atoms with van der Waals surface area (Å²) >= 11 is 0. The van der Waals surface area contributed by atoms with Gasteiger partial charge in [0.15, 0.2) is 0 Å². The van der Waals surface area contributed by atoms with Crippen LogP contribution in [0.3, 0.4) is 0 Å². The van der Waals surface area contributed by atoms with Gasteiger partial charge in [0.2, 0.25) is 0 Å². The average molecular weight is 389 g/mol. The molecular weight excluding hydrogens is 364 g/mol. The van der Waals surface area contributed by atoms with Gasteiger partial charge in [-0.1, -0.05) is 19.9 Å². The molecular formula is C20H25ClN4O2. The van der Waals surface area contributed by atoms with Gasteiger partial charge in [0.1, 0.15) is 17.5 Å². The third-order valence-corrected chi connectivity index (χ3v) is 5.02. The zero-order valence-corrected chi connectivity index (χ0v) is 16.5. The van der Waals surface area contributed by atoms with Crippen molar-refractivity contribution in [3.05, 3.63) is 47.5 Å². The van der Waals surface area contributed by atoms with E-state index in [9.17, 15) is 4.79 Å². The maximum Gasteiger partial charge on any atom is 0.320 e. The molecule has 0 radical (unpaired) electrons. The highest BCUT2D eigenvalue weighted by Gasteiger charge is 2.31. The number of benzene rings is 1. The van der Waals surface area contributed by atoms with Crippen LogP contribution < -0.4 is 15.0 Å². The quantitative estimate of drug-likeness (QED) is 0.644. The highest BCUT2D eigenvalue weighted by atomic mass is 35.5. The molecule has 4 rings (SSSR count). The van der Waals surface area contributed by atoms with Gasteiger partial charge in [-0.3, -0.25) is 4.79 Å². The van der Waals surface area contributed by atoms with Crippen LogP contribution >= 0.6 is 12.4 Å². The molecule has 1 N–H and O–H groups in total. The molecule has 1 atom stereocenters. The van der Waals surface area contributed by atoms with Gasteiger partial charge < -0.3 is 15.0 Å². The molecule has 2 aliphatic rings. The van der Waals surface area contributed by atoms with Crippen molar-refractivity contribution in [1.82, 2.24) is 15.3 Å². The van der Waals surface area contributed by atoms with Gasteiger partial charge >= 0.3 is 5.97 Å². The number of nitrogens with one attached hydrogen (secondary N) is 1. The van der Waals surface area contributed by atoms with Crippen LogP contribution in [0.25, 0.3) is 0 Å². The van der Waals surface area contributed by atoms with Crippen LogP contribution in [-0.4, -0.2) is 42.1 Å². The number of esters is 1. The van der Waals surface area contributed by atoms with Crippen LogP contribution in [0.4, 0.5) is 5.69 Å². The molecule has 1 fully saturated rings. The van der Waals surface area contributed by atoms with Gasteiger partial charge in [0, 0.05) is 50.0 Å². The lowest BCUT2D eigenvalue weighted by molar-refractivity contribution is -0.137. The standard InChI is InChI=1S/C20H24N4O2.ClH/c1-13(2)19-22-6-5-17(23-19)16-11-14-3-4-15(12-18(14)26-20(16)25)24-9-7-21-8-10-24;/h3-6,12-13,16,21H,7-11H2,1-2H3;1H. The molecule has 0 spiro atoms. The Kier molecular flexibility index (Phi) is 5.97. The minimum atomic E-state index is -0.368. The van der Waals surface area contributed by atoms with Gasteiger partial charge in [0.25, 0.3) is 0 Å². The first kappa shape index (κ1) is 19.6. The molecule has 0 saturated carbocycles. The lowest BCUT2D eigenvalue weighted by Gasteiger charge is -2.31. The number of anilines is 1. The second-order valence-electron chi connectivity index (χ2n) is 7.20. The van der Waals surface area contributed by atoms with E-state index < -0.39 is 0 Å². The van der Waals surface area contributed by atoms with Crippen LogP contribution in [0, 0.1) is 0 Å². The van der Waals surface area contributed by atoms with E-state index in [0.29, 0.717) is 12.2 Å².